The van der Waals surface area contributed by atoms with Crippen LogP contribution in [0.2, 0.25) is 0 Å². The molecule has 0 unspecified atom stereocenters. The molecule has 108 valence electrons. The van der Waals surface area contributed by atoms with Crippen molar-refractivity contribution >= 4 is 11.4 Å². The number of benzene rings is 1. The summed E-state index contributed by atoms with van der Waals surface area (Å²) in [6.07, 6.45) is 0. The Balaban J connectivity index is 2.99. The summed E-state index contributed by atoms with van der Waals surface area (Å²) in [5.41, 5.74) is 7.90. The Morgan fingerprint density at radius 2 is 1.63 bits per heavy atom. The topological polar surface area (TPSA) is 38.5 Å². The summed E-state index contributed by atoms with van der Waals surface area (Å²) in [7, 11) is 0. The molecule has 0 bridgehead atoms. The molecular weight excluding hydrogens is 236 g/mol. The highest BCUT2D eigenvalue weighted by atomic mass is 16.5. The fourth-order valence-electron chi connectivity index (χ4n) is 2.21. The summed E-state index contributed by atoms with van der Waals surface area (Å²) < 4.78 is 5.58. The van der Waals surface area contributed by atoms with Crippen molar-refractivity contribution in [2.24, 2.45) is 11.8 Å². The first kappa shape index (κ1) is 15.7. The van der Waals surface area contributed by atoms with Crippen LogP contribution in [0, 0.1) is 11.8 Å². The maximum atomic E-state index is 5.98. The Bertz CT molecular complexity index is 378. The first-order chi connectivity index (χ1) is 8.92. The normalized spacial score (nSPS) is 11.1. The average molecular weight is 264 g/mol. The van der Waals surface area contributed by atoms with Crippen LogP contribution in [0.3, 0.4) is 0 Å². The number of ether oxygens (including phenoxy) is 1. The van der Waals surface area contributed by atoms with E-state index in [2.05, 4.69) is 38.7 Å². The highest BCUT2D eigenvalue weighted by molar-refractivity contribution is 5.60. The minimum Gasteiger partial charge on any atom is -0.494 e. The van der Waals surface area contributed by atoms with Gasteiger partial charge in [-0.2, -0.15) is 0 Å². The van der Waals surface area contributed by atoms with E-state index in [9.17, 15) is 0 Å². The molecule has 0 aromatic heterocycles. The Morgan fingerprint density at radius 1 is 1.05 bits per heavy atom. The summed E-state index contributed by atoms with van der Waals surface area (Å²) in [5.74, 6) is 2.10. The predicted molar refractivity (Wildman–Crippen MR) is 83.9 cm³/mol. The van der Waals surface area contributed by atoms with Crippen molar-refractivity contribution in [2.45, 2.75) is 34.6 Å². The van der Waals surface area contributed by atoms with Gasteiger partial charge in [-0.3, -0.25) is 0 Å². The van der Waals surface area contributed by atoms with Crippen molar-refractivity contribution in [1.29, 1.82) is 0 Å². The zero-order valence-electron chi connectivity index (χ0n) is 12.9. The quantitative estimate of drug-likeness (QED) is 0.762. The molecule has 0 aliphatic heterocycles. The zero-order chi connectivity index (χ0) is 14.4. The molecule has 0 saturated heterocycles. The summed E-state index contributed by atoms with van der Waals surface area (Å²) in [4.78, 5) is 2.40. The van der Waals surface area contributed by atoms with Gasteiger partial charge in [0.2, 0.25) is 0 Å². The molecule has 3 nitrogen and oxygen atoms in total. The van der Waals surface area contributed by atoms with Gasteiger partial charge in [-0.15, -0.1) is 0 Å². The number of rotatable bonds is 7. The minimum atomic E-state index is 0.621. The fourth-order valence-corrected chi connectivity index (χ4v) is 2.21. The standard InChI is InChI=1S/C16H28N2O/c1-6-19-16-8-14(17)7-15(9-16)18(10-12(2)3)11-13(4)5/h7-9,12-13H,6,10-11,17H2,1-5H3. The van der Waals surface area contributed by atoms with E-state index in [0.29, 0.717) is 18.4 Å². The van der Waals surface area contributed by atoms with Crippen LogP contribution in [0.1, 0.15) is 34.6 Å². The zero-order valence-corrected chi connectivity index (χ0v) is 12.9. The third kappa shape index (κ3) is 5.41. The number of anilines is 2. The highest BCUT2D eigenvalue weighted by Crippen LogP contribution is 2.27. The fraction of sp³-hybridized carbons (Fsp3) is 0.625. The van der Waals surface area contributed by atoms with Gasteiger partial charge in [0.1, 0.15) is 5.75 Å². The van der Waals surface area contributed by atoms with E-state index in [1.807, 2.05) is 19.1 Å². The summed E-state index contributed by atoms with van der Waals surface area (Å²) >= 11 is 0. The van der Waals surface area contributed by atoms with Gasteiger partial charge in [-0.1, -0.05) is 27.7 Å². The second-order valence-electron chi connectivity index (χ2n) is 5.89. The van der Waals surface area contributed by atoms with Gasteiger partial charge in [-0.05, 0) is 24.8 Å². The molecule has 1 aromatic carbocycles. The molecule has 0 fully saturated rings. The molecule has 3 heteroatoms. The summed E-state index contributed by atoms with van der Waals surface area (Å²) in [5, 5.41) is 0. The average Bonchev–Trinajstić information content (AvgIpc) is 2.26. The third-order valence-corrected chi connectivity index (χ3v) is 2.76. The Labute approximate surface area is 117 Å². The maximum absolute atomic E-state index is 5.98. The monoisotopic (exact) mass is 264 g/mol. The van der Waals surface area contributed by atoms with Gasteiger partial charge in [0.15, 0.2) is 0 Å². The van der Waals surface area contributed by atoms with Crippen LogP contribution >= 0.6 is 0 Å². The molecule has 0 atom stereocenters. The van der Waals surface area contributed by atoms with E-state index in [1.54, 1.807) is 0 Å². The molecular formula is C16H28N2O. The van der Waals surface area contributed by atoms with E-state index in [0.717, 1.165) is 30.2 Å². The summed E-state index contributed by atoms with van der Waals surface area (Å²) in [6.45, 7) is 13.7. The van der Waals surface area contributed by atoms with Crippen LogP contribution in [-0.4, -0.2) is 19.7 Å². The van der Waals surface area contributed by atoms with E-state index >= 15 is 0 Å². The Hall–Kier alpha value is -1.38. The second-order valence-corrected chi connectivity index (χ2v) is 5.89. The lowest BCUT2D eigenvalue weighted by Gasteiger charge is -2.29. The van der Waals surface area contributed by atoms with Gasteiger partial charge < -0.3 is 15.4 Å². The first-order valence-corrected chi connectivity index (χ1v) is 7.20. The number of nitrogen functional groups attached to an aromatic ring is 1. The maximum Gasteiger partial charge on any atom is 0.123 e. The molecule has 19 heavy (non-hydrogen) atoms. The highest BCUT2D eigenvalue weighted by Gasteiger charge is 2.12. The molecule has 0 spiro atoms. The van der Waals surface area contributed by atoms with Crippen LogP contribution in [0.25, 0.3) is 0 Å². The van der Waals surface area contributed by atoms with Crippen molar-refractivity contribution in [3.8, 4) is 5.75 Å². The Kier molecular flexibility index (Phi) is 6.00. The lowest BCUT2D eigenvalue weighted by atomic mass is 10.1. The Morgan fingerprint density at radius 3 is 2.11 bits per heavy atom. The molecule has 0 amide bonds. The van der Waals surface area contributed by atoms with Crippen molar-refractivity contribution in [1.82, 2.24) is 0 Å². The number of nitrogens with two attached hydrogens (primary N) is 1. The second kappa shape index (κ2) is 7.27. The van der Waals surface area contributed by atoms with Crippen molar-refractivity contribution in [3.05, 3.63) is 18.2 Å². The van der Waals surface area contributed by atoms with Gasteiger partial charge in [0.05, 0.1) is 6.61 Å². The smallest absolute Gasteiger partial charge is 0.123 e. The van der Waals surface area contributed by atoms with E-state index in [1.165, 1.54) is 0 Å². The SMILES string of the molecule is CCOc1cc(N)cc(N(CC(C)C)CC(C)C)c1. The largest absolute Gasteiger partial charge is 0.494 e. The molecule has 0 heterocycles. The molecule has 1 rings (SSSR count). The van der Waals surface area contributed by atoms with Crippen LogP contribution in [-0.2, 0) is 0 Å². The van der Waals surface area contributed by atoms with E-state index in [4.69, 9.17) is 10.5 Å². The molecule has 0 aliphatic rings. The van der Waals surface area contributed by atoms with Crippen molar-refractivity contribution < 1.29 is 4.74 Å². The van der Waals surface area contributed by atoms with Gasteiger partial charge in [0, 0.05) is 36.6 Å². The first-order valence-electron chi connectivity index (χ1n) is 7.20. The van der Waals surface area contributed by atoms with Crippen molar-refractivity contribution in [3.63, 3.8) is 0 Å². The minimum absolute atomic E-state index is 0.621. The summed E-state index contributed by atoms with van der Waals surface area (Å²) in [6, 6.07) is 6.01. The molecule has 1 aromatic rings. The van der Waals surface area contributed by atoms with Gasteiger partial charge in [-0.25, -0.2) is 0 Å². The number of hydrogen-bond acceptors (Lipinski definition) is 3. The van der Waals surface area contributed by atoms with Gasteiger partial charge >= 0.3 is 0 Å². The number of hydrogen-bond donors (Lipinski definition) is 1. The lowest BCUT2D eigenvalue weighted by Crippen LogP contribution is -2.31. The third-order valence-electron chi connectivity index (χ3n) is 2.76. The molecule has 0 saturated carbocycles. The van der Waals surface area contributed by atoms with Crippen LogP contribution in [0.15, 0.2) is 18.2 Å². The number of nitrogens with zero attached hydrogens (tertiary/aromatic N) is 1. The van der Waals surface area contributed by atoms with Crippen LogP contribution in [0.5, 0.6) is 5.75 Å². The molecule has 2 N–H and O–H groups in total. The molecule has 0 radical (unpaired) electrons. The van der Waals surface area contributed by atoms with E-state index in [-0.39, 0.29) is 0 Å². The van der Waals surface area contributed by atoms with E-state index < -0.39 is 0 Å². The molecule has 0 aliphatic carbocycles. The lowest BCUT2D eigenvalue weighted by molar-refractivity contribution is 0.340. The van der Waals surface area contributed by atoms with Crippen molar-refractivity contribution in [2.75, 3.05) is 30.3 Å². The predicted octanol–water partition coefficient (Wildman–Crippen LogP) is 3.79. The van der Waals surface area contributed by atoms with Crippen LogP contribution < -0.4 is 15.4 Å². The van der Waals surface area contributed by atoms with Gasteiger partial charge in [0.25, 0.3) is 0 Å². The van der Waals surface area contributed by atoms with Crippen LogP contribution in [0.4, 0.5) is 11.4 Å².